The Morgan fingerprint density at radius 1 is 1.20 bits per heavy atom. The zero-order chi connectivity index (χ0) is 11.4. The number of esters is 1. The normalized spacial score (nSPS) is 22.5. The number of rotatable bonds is 3. The molecule has 0 bridgehead atoms. The molecule has 0 aromatic rings. The number of carbonyl (C=O) groups excluding carboxylic acids is 1. The molecule has 1 aliphatic heterocycles. The zero-order valence-electron chi connectivity index (χ0n) is 9.78. The summed E-state index contributed by atoms with van der Waals surface area (Å²) >= 11 is 0. The molecule has 1 unspecified atom stereocenters. The molecule has 1 rings (SSSR count). The molecule has 2 nitrogen and oxygen atoms in total. The van der Waals surface area contributed by atoms with Crippen LogP contribution in [0.25, 0.3) is 0 Å². The van der Waals surface area contributed by atoms with Crippen molar-refractivity contribution in [3.63, 3.8) is 0 Å². The molecule has 0 saturated carbocycles. The number of carbonyl (C=O) groups is 1. The Balaban J connectivity index is 3.15. The van der Waals surface area contributed by atoms with Crippen molar-refractivity contribution in [2.24, 2.45) is 5.92 Å². The van der Waals surface area contributed by atoms with Gasteiger partial charge in [-0.05, 0) is 19.8 Å². The maximum Gasteiger partial charge on any atom is 0.339 e. The summed E-state index contributed by atoms with van der Waals surface area (Å²) in [6.07, 6.45) is 7.49. The van der Waals surface area contributed by atoms with E-state index in [2.05, 4.69) is 13.8 Å². The van der Waals surface area contributed by atoms with E-state index in [1.807, 2.05) is 38.2 Å². The number of hydrogen-bond donors (Lipinski definition) is 0. The summed E-state index contributed by atoms with van der Waals surface area (Å²) in [5.41, 5.74) is 1.69. The highest BCUT2D eigenvalue weighted by atomic mass is 16.5. The lowest BCUT2D eigenvalue weighted by Crippen LogP contribution is -2.17. The van der Waals surface area contributed by atoms with Crippen LogP contribution in [0.4, 0.5) is 0 Å². The van der Waals surface area contributed by atoms with Gasteiger partial charge in [-0.1, -0.05) is 38.2 Å². The number of cyclic esters (lactones) is 1. The van der Waals surface area contributed by atoms with Gasteiger partial charge in [0.1, 0.15) is 6.10 Å². The second kappa shape index (κ2) is 4.96. The molecule has 15 heavy (non-hydrogen) atoms. The van der Waals surface area contributed by atoms with Crippen LogP contribution in [-0.2, 0) is 9.53 Å². The lowest BCUT2D eigenvalue weighted by atomic mass is 9.96. The van der Waals surface area contributed by atoms with E-state index in [-0.39, 0.29) is 12.1 Å². The van der Waals surface area contributed by atoms with Gasteiger partial charge in [0, 0.05) is 5.57 Å². The molecular weight excluding hydrogens is 188 g/mol. The maximum atomic E-state index is 11.6. The number of ether oxygens (including phenoxy) is 1. The summed E-state index contributed by atoms with van der Waals surface area (Å²) in [7, 11) is 0. The molecule has 0 aliphatic carbocycles. The Morgan fingerprint density at radius 3 is 2.27 bits per heavy atom. The van der Waals surface area contributed by atoms with Gasteiger partial charge in [0.05, 0.1) is 5.57 Å². The van der Waals surface area contributed by atoms with Gasteiger partial charge in [0.2, 0.25) is 0 Å². The molecule has 0 radical (unpaired) electrons. The standard InChI is InChI=1S/C13H18O2/c1-5-7-10-11(8-6-2)13(14)15-12(10)9(3)4/h5-9,12H,1-4H3/b7-5-,8-6-. The first-order chi connectivity index (χ1) is 7.11. The Labute approximate surface area is 91.3 Å². The molecule has 0 N–H and O–H groups in total. The van der Waals surface area contributed by atoms with Crippen molar-refractivity contribution in [3.05, 3.63) is 35.5 Å². The largest absolute Gasteiger partial charge is 0.454 e. The fraction of sp³-hybridized carbons (Fsp3) is 0.462. The van der Waals surface area contributed by atoms with Crippen molar-refractivity contribution < 1.29 is 9.53 Å². The highest BCUT2D eigenvalue weighted by molar-refractivity contribution is 5.96. The molecule has 0 aromatic carbocycles. The van der Waals surface area contributed by atoms with Gasteiger partial charge >= 0.3 is 5.97 Å². The minimum absolute atomic E-state index is 0.0973. The Morgan fingerprint density at radius 2 is 1.80 bits per heavy atom. The highest BCUT2D eigenvalue weighted by Crippen LogP contribution is 2.29. The predicted octanol–water partition coefficient (Wildman–Crippen LogP) is 3.02. The third-order valence-electron chi connectivity index (χ3n) is 2.36. The molecule has 0 saturated heterocycles. The molecule has 0 spiro atoms. The summed E-state index contributed by atoms with van der Waals surface area (Å²) in [4.78, 5) is 11.6. The molecule has 0 fully saturated rings. The Bertz CT molecular complexity index is 332. The fourth-order valence-corrected chi connectivity index (χ4v) is 1.70. The molecule has 1 aliphatic rings. The van der Waals surface area contributed by atoms with E-state index in [9.17, 15) is 4.79 Å². The summed E-state index contributed by atoms with van der Waals surface area (Å²) in [5.74, 6) is 0.0998. The topological polar surface area (TPSA) is 26.3 Å². The van der Waals surface area contributed by atoms with Crippen LogP contribution in [0, 0.1) is 5.92 Å². The van der Waals surface area contributed by atoms with E-state index in [1.165, 1.54) is 0 Å². The lowest BCUT2D eigenvalue weighted by molar-refractivity contribution is -0.140. The van der Waals surface area contributed by atoms with Crippen LogP contribution in [0.15, 0.2) is 35.5 Å². The first-order valence-electron chi connectivity index (χ1n) is 5.32. The van der Waals surface area contributed by atoms with Crippen molar-refractivity contribution in [1.82, 2.24) is 0 Å². The highest BCUT2D eigenvalue weighted by Gasteiger charge is 2.32. The average molecular weight is 206 g/mol. The van der Waals surface area contributed by atoms with Gasteiger partial charge in [0.25, 0.3) is 0 Å². The van der Waals surface area contributed by atoms with Crippen LogP contribution in [0.3, 0.4) is 0 Å². The van der Waals surface area contributed by atoms with Crippen molar-refractivity contribution in [3.8, 4) is 0 Å². The third kappa shape index (κ3) is 2.38. The number of allylic oxidation sites excluding steroid dienone is 2. The van der Waals surface area contributed by atoms with Crippen LogP contribution in [0.2, 0.25) is 0 Å². The molecule has 0 amide bonds. The molecular formula is C13H18O2. The van der Waals surface area contributed by atoms with Crippen molar-refractivity contribution in [2.75, 3.05) is 0 Å². The SMILES string of the molecule is C/C=C\C1=C(/C=C\C)C(C(C)C)OC1=O. The molecule has 1 atom stereocenters. The van der Waals surface area contributed by atoms with Crippen molar-refractivity contribution >= 4 is 5.97 Å². The molecule has 0 aromatic heterocycles. The summed E-state index contributed by atoms with van der Waals surface area (Å²) in [5, 5.41) is 0. The predicted molar refractivity (Wildman–Crippen MR) is 61.4 cm³/mol. The van der Waals surface area contributed by atoms with Gasteiger partial charge < -0.3 is 4.74 Å². The maximum absolute atomic E-state index is 11.6. The smallest absolute Gasteiger partial charge is 0.339 e. The first-order valence-corrected chi connectivity index (χ1v) is 5.32. The van der Waals surface area contributed by atoms with E-state index in [0.29, 0.717) is 11.5 Å². The van der Waals surface area contributed by atoms with Crippen LogP contribution >= 0.6 is 0 Å². The average Bonchev–Trinajstić information content (AvgIpc) is 2.47. The van der Waals surface area contributed by atoms with E-state index < -0.39 is 0 Å². The van der Waals surface area contributed by atoms with Crippen molar-refractivity contribution in [1.29, 1.82) is 0 Å². The molecule has 1 heterocycles. The minimum Gasteiger partial charge on any atom is -0.454 e. The second-order valence-corrected chi connectivity index (χ2v) is 3.94. The summed E-state index contributed by atoms with van der Waals surface area (Å²) in [6, 6.07) is 0. The van der Waals surface area contributed by atoms with Crippen molar-refractivity contribution in [2.45, 2.75) is 33.8 Å². The van der Waals surface area contributed by atoms with E-state index >= 15 is 0 Å². The number of hydrogen-bond acceptors (Lipinski definition) is 2. The van der Waals surface area contributed by atoms with Crippen LogP contribution < -0.4 is 0 Å². The van der Waals surface area contributed by atoms with Crippen LogP contribution in [-0.4, -0.2) is 12.1 Å². The van der Waals surface area contributed by atoms with Gasteiger partial charge in [0.15, 0.2) is 0 Å². The van der Waals surface area contributed by atoms with Gasteiger partial charge in [-0.2, -0.15) is 0 Å². The Kier molecular flexibility index (Phi) is 3.89. The molecule has 2 heteroatoms. The quantitative estimate of drug-likeness (QED) is 0.663. The third-order valence-corrected chi connectivity index (χ3v) is 2.36. The van der Waals surface area contributed by atoms with Crippen LogP contribution in [0.1, 0.15) is 27.7 Å². The van der Waals surface area contributed by atoms with Gasteiger partial charge in [-0.3, -0.25) is 0 Å². The minimum atomic E-state index is -0.208. The zero-order valence-corrected chi connectivity index (χ0v) is 9.78. The van der Waals surface area contributed by atoms with E-state index in [0.717, 1.165) is 5.57 Å². The first kappa shape index (κ1) is 11.8. The van der Waals surface area contributed by atoms with E-state index in [4.69, 9.17) is 4.74 Å². The monoisotopic (exact) mass is 206 g/mol. The lowest BCUT2D eigenvalue weighted by Gasteiger charge is -2.15. The second-order valence-electron chi connectivity index (χ2n) is 3.94. The van der Waals surface area contributed by atoms with Gasteiger partial charge in [-0.15, -0.1) is 0 Å². The molecule has 82 valence electrons. The fourth-order valence-electron chi connectivity index (χ4n) is 1.70. The van der Waals surface area contributed by atoms with Gasteiger partial charge in [-0.25, -0.2) is 4.79 Å². The van der Waals surface area contributed by atoms with Crippen LogP contribution in [0.5, 0.6) is 0 Å². The van der Waals surface area contributed by atoms with E-state index in [1.54, 1.807) is 0 Å². The Hall–Kier alpha value is -1.31. The summed E-state index contributed by atoms with van der Waals surface area (Å²) < 4.78 is 5.34. The summed E-state index contributed by atoms with van der Waals surface area (Å²) in [6.45, 7) is 7.96.